The Morgan fingerprint density at radius 3 is 2.24 bits per heavy atom. The summed E-state index contributed by atoms with van der Waals surface area (Å²) in [4.78, 5) is 12.0. The van der Waals surface area contributed by atoms with E-state index in [2.05, 4.69) is 19.6 Å². The Morgan fingerprint density at radius 2 is 1.64 bits per heavy atom. The number of esters is 1. The molecule has 0 radical (unpaired) electrons. The molecule has 1 heterocycles. The van der Waals surface area contributed by atoms with Crippen molar-refractivity contribution in [1.82, 2.24) is 0 Å². The first-order chi connectivity index (χ1) is 19.7. The lowest BCUT2D eigenvalue weighted by Crippen LogP contribution is -2.47. The molecule has 1 aliphatic heterocycles. The third-order valence-corrected chi connectivity index (χ3v) is 8.74. The van der Waals surface area contributed by atoms with Gasteiger partial charge in [0.15, 0.2) is 0 Å². The third kappa shape index (κ3) is 11.7. The number of aliphatic hydroxyl groups excluding tert-OH is 4. The van der Waals surface area contributed by atoms with Crippen LogP contribution in [-0.2, 0) is 19.0 Å². The van der Waals surface area contributed by atoms with Gasteiger partial charge in [-0.25, -0.2) is 0 Å². The highest BCUT2D eigenvalue weighted by Crippen LogP contribution is 2.30. The molecule has 1 saturated heterocycles. The van der Waals surface area contributed by atoms with Crippen molar-refractivity contribution in [3.05, 3.63) is 48.6 Å². The number of rotatable bonds is 18. The van der Waals surface area contributed by atoms with Crippen molar-refractivity contribution < 1.29 is 39.4 Å². The second kappa shape index (κ2) is 18.8. The summed E-state index contributed by atoms with van der Waals surface area (Å²) in [5.41, 5.74) is 1.11. The summed E-state index contributed by atoms with van der Waals surface area (Å²) in [6.07, 6.45) is 8.20. The zero-order chi connectivity index (χ0) is 32.1. The highest BCUT2D eigenvalue weighted by atomic mass is 16.7. The molecule has 8 nitrogen and oxygen atoms in total. The number of cyclic esters (lactones) is 1. The SMILES string of the molecule is C=C/C=C\[C@H](C)[C@H](O)[C@@H](C)[C@H](O)[C@@H](C)C/C(C)=C\[C@H](C)[C@@H](OCOC)[C@@H](C)/C=C\[C@@H](O)C[C@@H]1OC(=O)[C@H](C)[C@@H](O)[C@H]1C. The first-order valence-electron chi connectivity index (χ1n) is 15.3. The Labute approximate surface area is 254 Å². The molecule has 0 unspecified atom stereocenters. The topological polar surface area (TPSA) is 126 Å². The smallest absolute Gasteiger partial charge is 0.311 e. The van der Waals surface area contributed by atoms with Crippen LogP contribution in [0.3, 0.4) is 0 Å². The van der Waals surface area contributed by atoms with E-state index in [1.54, 1.807) is 26.2 Å². The van der Waals surface area contributed by atoms with Gasteiger partial charge in [-0.1, -0.05) is 90.2 Å². The van der Waals surface area contributed by atoms with Crippen molar-refractivity contribution in [2.75, 3.05) is 13.9 Å². The molecule has 0 aliphatic carbocycles. The summed E-state index contributed by atoms with van der Waals surface area (Å²) in [6.45, 7) is 19.2. The summed E-state index contributed by atoms with van der Waals surface area (Å²) in [7, 11) is 1.57. The number of carbonyl (C=O) groups excluding carboxylic acids is 1. The highest BCUT2D eigenvalue weighted by Gasteiger charge is 2.40. The van der Waals surface area contributed by atoms with E-state index in [9.17, 15) is 25.2 Å². The molecule has 1 rings (SSSR count). The minimum Gasteiger partial charge on any atom is -0.462 e. The molecule has 0 spiro atoms. The van der Waals surface area contributed by atoms with Gasteiger partial charge < -0.3 is 34.6 Å². The van der Waals surface area contributed by atoms with Gasteiger partial charge in [0.1, 0.15) is 12.9 Å². The molecule has 0 bridgehead atoms. The van der Waals surface area contributed by atoms with E-state index < -0.39 is 42.4 Å². The van der Waals surface area contributed by atoms with Crippen LogP contribution >= 0.6 is 0 Å². The summed E-state index contributed by atoms with van der Waals surface area (Å²) < 4.78 is 16.7. The van der Waals surface area contributed by atoms with Gasteiger partial charge >= 0.3 is 5.97 Å². The van der Waals surface area contributed by atoms with Crippen LogP contribution in [0.5, 0.6) is 0 Å². The summed E-state index contributed by atoms with van der Waals surface area (Å²) >= 11 is 0. The molecular weight excluding hydrogens is 536 g/mol. The first kappa shape index (κ1) is 38.2. The van der Waals surface area contributed by atoms with Gasteiger partial charge in [0.2, 0.25) is 0 Å². The normalized spacial score (nSPS) is 28.5. The molecule has 0 saturated carbocycles. The molecule has 1 aliphatic rings. The van der Waals surface area contributed by atoms with E-state index >= 15 is 0 Å². The lowest BCUT2D eigenvalue weighted by molar-refractivity contribution is -0.179. The number of ether oxygens (including phenoxy) is 3. The van der Waals surface area contributed by atoms with E-state index in [0.29, 0.717) is 6.42 Å². The molecule has 42 heavy (non-hydrogen) atoms. The Bertz CT molecular complexity index is 898. The highest BCUT2D eigenvalue weighted by molar-refractivity contribution is 5.73. The number of methoxy groups -OCH3 is 1. The van der Waals surface area contributed by atoms with Crippen LogP contribution < -0.4 is 0 Å². The van der Waals surface area contributed by atoms with Gasteiger partial charge in [0.05, 0.1) is 36.4 Å². The Kier molecular flexibility index (Phi) is 17.1. The van der Waals surface area contributed by atoms with Gasteiger partial charge in [0, 0.05) is 43.1 Å². The maximum absolute atomic E-state index is 12.0. The third-order valence-electron chi connectivity index (χ3n) is 8.74. The zero-order valence-electron chi connectivity index (χ0n) is 27.2. The van der Waals surface area contributed by atoms with Crippen LogP contribution in [0.2, 0.25) is 0 Å². The minimum atomic E-state index is -0.848. The van der Waals surface area contributed by atoms with Gasteiger partial charge in [0.25, 0.3) is 0 Å². The van der Waals surface area contributed by atoms with Gasteiger partial charge in [-0.05, 0) is 26.2 Å². The van der Waals surface area contributed by atoms with Crippen LogP contribution in [0.15, 0.2) is 48.6 Å². The molecule has 0 aromatic carbocycles. The fraction of sp³-hybridized carbons (Fsp3) is 0.735. The lowest BCUT2D eigenvalue weighted by Gasteiger charge is -2.36. The Balaban J connectivity index is 2.86. The van der Waals surface area contributed by atoms with Crippen molar-refractivity contribution in [3.8, 4) is 0 Å². The van der Waals surface area contributed by atoms with Crippen molar-refractivity contribution in [2.45, 2.75) is 105 Å². The van der Waals surface area contributed by atoms with E-state index in [-0.39, 0.29) is 54.8 Å². The summed E-state index contributed by atoms with van der Waals surface area (Å²) in [5.74, 6) is -1.81. The molecule has 0 amide bonds. The van der Waals surface area contributed by atoms with E-state index in [4.69, 9.17) is 14.2 Å². The van der Waals surface area contributed by atoms with Crippen LogP contribution in [-0.4, -0.2) is 76.9 Å². The number of allylic oxidation sites excluding steroid dienone is 3. The molecule has 1 fully saturated rings. The van der Waals surface area contributed by atoms with Crippen LogP contribution in [0, 0.1) is 41.4 Å². The van der Waals surface area contributed by atoms with E-state index in [0.717, 1.165) is 5.57 Å². The molecule has 0 aromatic heterocycles. The predicted molar refractivity (Wildman–Crippen MR) is 166 cm³/mol. The van der Waals surface area contributed by atoms with E-state index in [1.165, 1.54) is 0 Å². The van der Waals surface area contributed by atoms with Gasteiger partial charge in [-0.2, -0.15) is 0 Å². The molecular formula is C34H58O8. The largest absolute Gasteiger partial charge is 0.462 e. The quantitative estimate of drug-likeness (QED) is 0.0770. The maximum atomic E-state index is 12.0. The zero-order valence-corrected chi connectivity index (χ0v) is 27.2. The average Bonchev–Trinajstić information content (AvgIpc) is 2.95. The summed E-state index contributed by atoms with van der Waals surface area (Å²) in [5, 5.41) is 42.7. The number of aliphatic hydroxyl groups is 4. The van der Waals surface area contributed by atoms with Crippen molar-refractivity contribution in [3.63, 3.8) is 0 Å². The fourth-order valence-corrected chi connectivity index (χ4v) is 5.91. The number of hydrogen-bond donors (Lipinski definition) is 4. The molecule has 8 heteroatoms. The van der Waals surface area contributed by atoms with E-state index in [1.807, 2.05) is 59.8 Å². The summed E-state index contributed by atoms with van der Waals surface area (Å²) in [6, 6.07) is 0. The van der Waals surface area contributed by atoms with Gasteiger partial charge in [-0.3, -0.25) is 4.79 Å². The first-order valence-corrected chi connectivity index (χ1v) is 15.3. The minimum absolute atomic E-state index is 0.00400. The lowest BCUT2D eigenvalue weighted by atomic mass is 9.81. The molecule has 0 aromatic rings. The van der Waals surface area contributed by atoms with Crippen LogP contribution in [0.4, 0.5) is 0 Å². The number of carbonyl (C=O) groups is 1. The second-order valence-electron chi connectivity index (χ2n) is 12.6. The van der Waals surface area contributed by atoms with Crippen molar-refractivity contribution in [2.24, 2.45) is 41.4 Å². The number of hydrogen-bond acceptors (Lipinski definition) is 8. The monoisotopic (exact) mass is 594 g/mol. The second-order valence-corrected chi connectivity index (χ2v) is 12.6. The van der Waals surface area contributed by atoms with Crippen molar-refractivity contribution in [1.29, 1.82) is 0 Å². The predicted octanol–water partition coefficient (Wildman–Crippen LogP) is 4.82. The standard InChI is InChI=1S/C34H58O8/c1-11-12-13-21(3)30(36)26(8)31(37)23(5)16-20(2)17-24(6)33(41-19-40-10)22(4)14-15-28(35)18-29-25(7)32(38)27(9)34(39)42-29/h11-15,17,21-33,35-38H,1,16,18-19H2,2-10H3/b13-12-,15-14-,20-17-/t21-,22-,23-,24-,25-,26+,27+,28+,29-,30-,31+,32-,33-/m0/s1. The average molecular weight is 595 g/mol. The molecule has 4 N–H and O–H groups in total. The van der Waals surface area contributed by atoms with Gasteiger partial charge in [-0.15, -0.1) is 0 Å². The Hall–Kier alpha value is -1.81. The van der Waals surface area contributed by atoms with Crippen LogP contribution in [0.1, 0.15) is 68.2 Å². The van der Waals surface area contributed by atoms with Crippen LogP contribution in [0.25, 0.3) is 0 Å². The van der Waals surface area contributed by atoms with Crippen molar-refractivity contribution >= 4 is 5.97 Å². The maximum Gasteiger partial charge on any atom is 0.311 e. The molecule has 13 atom stereocenters. The molecule has 242 valence electrons. The Morgan fingerprint density at radius 1 is 1.00 bits per heavy atom. The fourth-order valence-electron chi connectivity index (χ4n) is 5.91.